The Morgan fingerprint density at radius 1 is 1.37 bits per heavy atom. The van der Waals surface area contributed by atoms with Crippen molar-refractivity contribution in [2.75, 3.05) is 19.0 Å². The lowest BCUT2D eigenvalue weighted by atomic mass is 10.0. The number of nitrogens with zero attached hydrogens (tertiary/aromatic N) is 4. The maximum absolute atomic E-state index is 13.1. The van der Waals surface area contributed by atoms with Gasteiger partial charge >= 0.3 is 6.03 Å². The minimum Gasteiger partial charge on any atom is -0.481 e. The Labute approximate surface area is 175 Å². The molecule has 2 amide bonds. The van der Waals surface area contributed by atoms with Crippen LogP contribution in [0.5, 0.6) is 11.8 Å². The number of aryl methyl sites for hydroxylation is 1. The zero-order chi connectivity index (χ0) is 21.5. The number of pyridine rings is 1. The minimum absolute atomic E-state index is 0.0402. The Morgan fingerprint density at radius 2 is 2.13 bits per heavy atom. The molecule has 2 aliphatic rings. The molecule has 0 aromatic carbocycles. The van der Waals surface area contributed by atoms with Crippen LogP contribution in [0.2, 0.25) is 0 Å². The SMILES string of the molecule is COc1nc(C(C)C)c(NC(=O)N=[S@](N)(=O)c2cnn3c2OCCC3)c2c1CCC2. The summed E-state index contributed by atoms with van der Waals surface area (Å²) >= 11 is 0. The Balaban J connectivity index is 1.70. The molecule has 0 bridgehead atoms. The lowest BCUT2D eigenvalue weighted by Gasteiger charge is -2.18. The number of ether oxygens (including phenoxy) is 2. The molecule has 0 fully saturated rings. The Bertz CT molecular complexity index is 1120. The van der Waals surface area contributed by atoms with Gasteiger partial charge in [-0.3, -0.25) is 0 Å². The molecule has 0 unspecified atom stereocenters. The van der Waals surface area contributed by atoms with E-state index in [4.69, 9.17) is 14.6 Å². The van der Waals surface area contributed by atoms with Crippen LogP contribution in [0, 0.1) is 0 Å². The van der Waals surface area contributed by atoms with Crippen molar-refractivity contribution in [1.29, 1.82) is 0 Å². The van der Waals surface area contributed by atoms with Gasteiger partial charge in [0.25, 0.3) is 0 Å². The van der Waals surface area contributed by atoms with Crippen molar-refractivity contribution in [1.82, 2.24) is 14.8 Å². The summed E-state index contributed by atoms with van der Waals surface area (Å²) in [6.07, 6.45) is 4.73. The number of nitrogens with one attached hydrogen (secondary N) is 1. The molecule has 0 radical (unpaired) electrons. The summed E-state index contributed by atoms with van der Waals surface area (Å²) in [5.41, 5.74) is 3.29. The van der Waals surface area contributed by atoms with E-state index in [9.17, 15) is 9.00 Å². The first-order chi connectivity index (χ1) is 14.3. The lowest BCUT2D eigenvalue weighted by Crippen LogP contribution is -2.21. The van der Waals surface area contributed by atoms with Crippen LogP contribution in [0.1, 0.15) is 49.4 Å². The van der Waals surface area contributed by atoms with E-state index >= 15 is 0 Å². The van der Waals surface area contributed by atoms with Crippen LogP contribution in [0.15, 0.2) is 15.5 Å². The number of carbonyl (C=O) groups excluding carboxylic acids is 1. The van der Waals surface area contributed by atoms with E-state index in [2.05, 4.69) is 19.8 Å². The molecule has 0 saturated heterocycles. The number of fused-ring (bicyclic) bond motifs is 2. The molecule has 3 N–H and O–H groups in total. The second kappa shape index (κ2) is 7.88. The van der Waals surface area contributed by atoms with Gasteiger partial charge in [-0.25, -0.2) is 23.8 Å². The van der Waals surface area contributed by atoms with Crippen molar-refractivity contribution in [3.63, 3.8) is 0 Å². The molecule has 2 aromatic heterocycles. The Kier molecular flexibility index (Phi) is 5.41. The van der Waals surface area contributed by atoms with Crippen molar-refractivity contribution in [3.8, 4) is 11.8 Å². The van der Waals surface area contributed by atoms with E-state index in [1.807, 2.05) is 13.8 Å². The fraction of sp³-hybridized carbons (Fsp3) is 0.526. The highest BCUT2D eigenvalue weighted by Crippen LogP contribution is 2.39. The molecule has 0 spiro atoms. The van der Waals surface area contributed by atoms with E-state index in [1.165, 1.54) is 6.20 Å². The number of carbonyl (C=O) groups is 1. The summed E-state index contributed by atoms with van der Waals surface area (Å²) in [6.45, 7) is 5.08. The summed E-state index contributed by atoms with van der Waals surface area (Å²) < 4.78 is 29.4. The molecular formula is C19H26N6O4S. The molecule has 0 saturated carbocycles. The highest BCUT2D eigenvalue weighted by Gasteiger charge is 2.28. The van der Waals surface area contributed by atoms with Gasteiger partial charge in [-0.2, -0.15) is 5.10 Å². The molecule has 11 heteroatoms. The number of hydrogen-bond acceptors (Lipinski definition) is 6. The third-order valence-corrected chi connectivity index (χ3v) is 6.62. The molecule has 1 atom stereocenters. The fourth-order valence-electron chi connectivity index (χ4n) is 3.92. The maximum Gasteiger partial charge on any atom is 0.354 e. The highest BCUT2D eigenvalue weighted by molar-refractivity contribution is 7.91. The summed E-state index contributed by atoms with van der Waals surface area (Å²) in [7, 11) is -1.93. The fourth-order valence-corrected chi connectivity index (χ4v) is 4.92. The summed E-state index contributed by atoms with van der Waals surface area (Å²) in [6, 6.07) is -0.791. The van der Waals surface area contributed by atoms with Crippen molar-refractivity contribution in [3.05, 3.63) is 23.0 Å². The Morgan fingerprint density at radius 3 is 2.87 bits per heavy atom. The third kappa shape index (κ3) is 3.63. The van der Waals surface area contributed by atoms with Crippen LogP contribution in [-0.4, -0.2) is 38.7 Å². The van der Waals surface area contributed by atoms with E-state index in [1.54, 1.807) is 11.8 Å². The van der Waals surface area contributed by atoms with Gasteiger partial charge < -0.3 is 14.8 Å². The summed E-state index contributed by atoms with van der Waals surface area (Å²) in [5.74, 6) is 0.936. The van der Waals surface area contributed by atoms with Crippen molar-refractivity contribution < 1.29 is 18.5 Å². The van der Waals surface area contributed by atoms with Gasteiger partial charge in [-0.15, -0.1) is 4.36 Å². The molecule has 10 nitrogen and oxygen atoms in total. The smallest absolute Gasteiger partial charge is 0.354 e. The van der Waals surface area contributed by atoms with Crippen LogP contribution in [-0.2, 0) is 29.3 Å². The first kappa shape index (κ1) is 20.6. The van der Waals surface area contributed by atoms with Gasteiger partial charge in [0.05, 0.1) is 31.3 Å². The standard InChI is InChI=1S/C19H26N6O4S/c1-11(2)15-16(12-6-4-7-13(12)17(22-15)28-3)23-19(26)24-30(20,27)14-10-21-25-8-5-9-29-18(14)25/h10-11H,4-9H2,1-3H3,(H3,20,23,24,26,27)/t30-/m0/s1. The molecule has 3 heterocycles. The number of amides is 2. The van der Waals surface area contributed by atoms with Crippen molar-refractivity contribution >= 4 is 21.6 Å². The highest BCUT2D eigenvalue weighted by atomic mass is 32.2. The topological polar surface area (TPSA) is 134 Å². The van der Waals surface area contributed by atoms with Crippen molar-refractivity contribution in [2.45, 2.75) is 56.9 Å². The monoisotopic (exact) mass is 434 g/mol. The molecule has 2 aromatic rings. The zero-order valence-electron chi connectivity index (χ0n) is 17.3. The van der Waals surface area contributed by atoms with Gasteiger partial charge in [0, 0.05) is 18.5 Å². The number of nitrogens with two attached hydrogens (primary N) is 1. The van der Waals surface area contributed by atoms with Crippen molar-refractivity contribution in [2.24, 2.45) is 9.50 Å². The zero-order valence-corrected chi connectivity index (χ0v) is 18.1. The predicted molar refractivity (Wildman–Crippen MR) is 111 cm³/mol. The first-order valence-corrected chi connectivity index (χ1v) is 11.5. The average molecular weight is 435 g/mol. The van der Waals surface area contributed by atoms with Crippen LogP contribution >= 0.6 is 0 Å². The molecule has 30 heavy (non-hydrogen) atoms. The first-order valence-electron chi connectivity index (χ1n) is 9.96. The van der Waals surface area contributed by atoms with Crippen LogP contribution in [0.25, 0.3) is 0 Å². The van der Waals surface area contributed by atoms with Gasteiger partial charge in [0.1, 0.15) is 4.90 Å². The number of aromatic nitrogens is 3. The second-order valence-corrected chi connectivity index (χ2v) is 9.44. The number of methoxy groups -OCH3 is 1. The molecule has 1 aliphatic carbocycles. The molecule has 162 valence electrons. The Hall–Kier alpha value is -2.66. The predicted octanol–water partition coefficient (Wildman–Crippen LogP) is 2.61. The number of rotatable bonds is 4. The quantitative estimate of drug-likeness (QED) is 0.760. The normalized spacial score (nSPS) is 17.0. The van der Waals surface area contributed by atoms with Gasteiger partial charge in [-0.1, -0.05) is 13.8 Å². The van der Waals surface area contributed by atoms with E-state index < -0.39 is 15.9 Å². The van der Waals surface area contributed by atoms with E-state index in [-0.39, 0.29) is 10.8 Å². The number of hydrogen-bond donors (Lipinski definition) is 2. The lowest BCUT2D eigenvalue weighted by molar-refractivity contribution is 0.224. The van der Waals surface area contributed by atoms with Crippen LogP contribution in [0.3, 0.4) is 0 Å². The molecule has 1 aliphatic heterocycles. The second-order valence-electron chi connectivity index (χ2n) is 7.68. The van der Waals surface area contributed by atoms with E-state index in [0.29, 0.717) is 36.3 Å². The molecule has 4 rings (SSSR count). The summed E-state index contributed by atoms with van der Waals surface area (Å²) in [5, 5.41) is 12.9. The van der Waals surface area contributed by atoms with Gasteiger partial charge in [0.15, 0.2) is 9.92 Å². The largest absolute Gasteiger partial charge is 0.481 e. The minimum atomic E-state index is -3.53. The third-order valence-electron chi connectivity index (χ3n) is 5.27. The van der Waals surface area contributed by atoms with Gasteiger partial charge in [0.2, 0.25) is 11.8 Å². The average Bonchev–Trinajstić information content (AvgIpc) is 3.35. The number of urea groups is 1. The maximum atomic E-state index is 13.1. The van der Waals surface area contributed by atoms with Gasteiger partial charge in [-0.05, 0) is 30.7 Å². The van der Waals surface area contributed by atoms with Crippen LogP contribution in [0.4, 0.5) is 10.5 Å². The van der Waals surface area contributed by atoms with E-state index in [0.717, 1.165) is 36.8 Å². The van der Waals surface area contributed by atoms with Crippen LogP contribution < -0.4 is 19.9 Å². The molecular weight excluding hydrogens is 408 g/mol. The summed E-state index contributed by atoms with van der Waals surface area (Å²) in [4.78, 5) is 17.5. The number of anilines is 1.